The molecule has 0 aromatic heterocycles. The first-order valence-electron chi connectivity index (χ1n) is 4.44. The predicted molar refractivity (Wildman–Crippen MR) is 49.3 cm³/mol. The van der Waals surface area contributed by atoms with Crippen molar-refractivity contribution < 1.29 is 15.0 Å². The van der Waals surface area contributed by atoms with Crippen molar-refractivity contribution in [3.05, 3.63) is 11.6 Å². The third-order valence-electron chi connectivity index (χ3n) is 2.67. The number of carbonyl (C=O) groups is 1. The minimum Gasteiger partial charge on any atom is -0.481 e. The van der Waals surface area contributed by atoms with Crippen LogP contribution in [0.5, 0.6) is 0 Å². The quantitative estimate of drug-likeness (QED) is 0.606. The number of aliphatic hydroxyl groups is 1. The Balaban J connectivity index is 3.03. The Kier molecular flexibility index (Phi) is 2.48. The molecule has 1 aliphatic rings. The van der Waals surface area contributed by atoms with E-state index in [0.717, 1.165) is 5.57 Å². The molecule has 0 spiro atoms. The van der Waals surface area contributed by atoms with E-state index in [9.17, 15) is 9.90 Å². The molecule has 0 aromatic carbocycles. The second kappa shape index (κ2) is 3.14. The van der Waals surface area contributed by atoms with Gasteiger partial charge in [-0.3, -0.25) is 4.79 Å². The molecule has 0 bridgehead atoms. The largest absolute Gasteiger partial charge is 0.481 e. The zero-order chi connectivity index (χ0) is 10.2. The topological polar surface area (TPSA) is 57.5 Å². The van der Waals surface area contributed by atoms with Crippen LogP contribution < -0.4 is 0 Å². The highest BCUT2D eigenvalue weighted by Gasteiger charge is 2.40. The van der Waals surface area contributed by atoms with E-state index in [1.54, 1.807) is 13.0 Å². The third kappa shape index (κ3) is 1.91. The van der Waals surface area contributed by atoms with Crippen molar-refractivity contribution in [1.29, 1.82) is 0 Å². The van der Waals surface area contributed by atoms with E-state index in [4.69, 9.17) is 5.11 Å². The molecule has 0 saturated heterocycles. The molecule has 3 nitrogen and oxygen atoms in total. The fraction of sp³-hybridized carbons (Fsp3) is 0.700. The molecule has 0 radical (unpaired) electrons. The van der Waals surface area contributed by atoms with Crippen LogP contribution in [-0.4, -0.2) is 22.3 Å². The van der Waals surface area contributed by atoms with Crippen LogP contribution in [0.1, 0.15) is 27.2 Å². The molecule has 0 aromatic rings. The molecular weight excluding hydrogens is 168 g/mol. The molecule has 0 saturated carbocycles. The first-order chi connectivity index (χ1) is 5.84. The monoisotopic (exact) mass is 184 g/mol. The van der Waals surface area contributed by atoms with E-state index in [1.807, 2.05) is 13.8 Å². The molecule has 1 rings (SSSR count). The van der Waals surface area contributed by atoms with Gasteiger partial charge in [-0.15, -0.1) is 0 Å². The van der Waals surface area contributed by atoms with Crippen molar-refractivity contribution in [3.63, 3.8) is 0 Å². The van der Waals surface area contributed by atoms with Crippen molar-refractivity contribution >= 4 is 5.97 Å². The van der Waals surface area contributed by atoms with Crippen molar-refractivity contribution in [2.24, 2.45) is 11.3 Å². The SMILES string of the molecule is CC1=CC(O)CC(C)(C)C1C(=O)O. The molecule has 3 heteroatoms. The summed E-state index contributed by atoms with van der Waals surface area (Å²) in [6.07, 6.45) is 1.66. The lowest BCUT2D eigenvalue weighted by Gasteiger charge is -2.37. The van der Waals surface area contributed by atoms with Crippen molar-refractivity contribution in [2.45, 2.75) is 33.3 Å². The normalized spacial score (nSPS) is 32.5. The van der Waals surface area contributed by atoms with Crippen LogP contribution in [0.2, 0.25) is 0 Å². The standard InChI is InChI=1S/C10H16O3/c1-6-4-7(11)5-10(2,3)8(6)9(12)13/h4,7-8,11H,5H2,1-3H3,(H,12,13). The zero-order valence-corrected chi connectivity index (χ0v) is 8.24. The van der Waals surface area contributed by atoms with Crippen LogP contribution in [0.3, 0.4) is 0 Å². The third-order valence-corrected chi connectivity index (χ3v) is 2.67. The van der Waals surface area contributed by atoms with Crippen LogP contribution in [0.15, 0.2) is 11.6 Å². The molecule has 2 unspecified atom stereocenters. The Morgan fingerprint density at radius 3 is 2.54 bits per heavy atom. The van der Waals surface area contributed by atoms with E-state index < -0.39 is 18.0 Å². The van der Waals surface area contributed by atoms with Gasteiger partial charge in [0.05, 0.1) is 12.0 Å². The van der Waals surface area contributed by atoms with Crippen molar-refractivity contribution in [1.82, 2.24) is 0 Å². The van der Waals surface area contributed by atoms with Crippen LogP contribution in [-0.2, 0) is 4.79 Å². The van der Waals surface area contributed by atoms with Gasteiger partial charge in [-0.05, 0) is 18.8 Å². The maximum absolute atomic E-state index is 11.0. The highest BCUT2D eigenvalue weighted by atomic mass is 16.4. The summed E-state index contributed by atoms with van der Waals surface area (Å²) in [4.78, 5) is 11.0. The number of aliphatic carboxylic acids is 1. The molecule has 74 valence electrons. The first kappa shape index (κ1) is 10.3. The molecule has 13 heavy (non-hydrogen) atoms. The number of carboxylic acids is 1. The van der Waals surface area contributed by atoms with Gasteiger partial charge in [-0.2, -0.15) is 0 Å². The minimum absolute atomic E-state index is 0.357. The summed E-state index contributed by atoms with van der Waals surface area (Å²) in [5.41, 5.74) is 0.403. The summed E-state index contributed by atoms with van der Waals surface area (Å²) in [7, 11) is 0. The number of aliphatic hydroxyl groups excluding tert-OH is 1. The Hall–Kier alpha value is -0.830. The van der Waals surface area contributed by atoms with Crippen LogP contribution >= 0.6 is 0 Å². The summed E-state index contributed by atoms with van der Waals surface area (Å²) >= 11 is 0. The molecule has 0 amide bonds. The van der Waals surface area contributed by atoms with Gasteiger partial charge < -0.3 is 10.2 Å². The van der Waals surface area contributed by atoms with Crippen LogP contribution in [0.25, 0.3) is 0 Å². The van der Waals surface area contributed by atoms with E-state index in [1.165, 1.54) is 0 Å². The van der Waals surface area contributed by atoms with E-state index in [-0.39, 0.29) is 5.41 Å². The van der Waals surface area contributed by atoms with E-state index >= 15 is 0 Å². The molecule has 0 aliphatic heterocycles. The lowest BCUT2D eigenvalue weighted by Crippen LogP contribution is -2.38. The summed E-state index contributed by atoms with van der Waals surface area (Å²) in [5, 5.41) is 18.5. The first-order valence-corrected chi connectivity index (χ1v) is 4.44. The molecule has 2 atom stereocenters. The Morgan fingerprint density at radius 2 is 2.15 bits per heavy atom. The zero-order valence-electron chi connectivity index (χ0n) is 8.24. The average Bonchev–Trinajstić information content (AvgIpc) is 1.78. The molecule has 0 heterocycles. The van der Waals surface area contributed by atoms with Gasteiger partial charge in [0.15, 0.2) is 0 Å². The lowest BCUT2D eigenvalue weighted by atomic mass is 9.68. The Morgan fingerprint density at radius 1 is 1.62 bits per heavy atom. The van der Waals surface area contributed by atoms with Gasteiger partial charge in [0, 0.05) is 0 Å². The second-order valence-corrected chi connectivity index (χ2v) is 4.44. The summed E-state index contributed by atoms with van der Waals surface area (Å²) in [6.45, 7) is 5.53. The van der Waals surface area contributed by atoms with Gasteiger partial charge in [0.2, 0.25) is 0 Å². The van der Waals surface area contributed by atoms with Gasteiger partial charge in [0.1, 0.15) is 0 Å². The van der Waals surface area contributed by atoms with Crippen molar-refractivity contribution in [3.8, 4) is 0 Å². The minimum atomic E-state index is -0.800. The molecule has 0 fully saturated rings. The highest BCUT2D eigenvalue weighted by Crippen LogP contribution is 2.40. The summed E-state index contributed by atoms with van der Waals surface area (Å²) in [6, 6.07) is 0. The lowest BCUT2D eigenvalue weighted by molar-refractivity contribution is -0.145. The molecular formula is C10H16O3. The predicted octanol–water partition coefficient (Wildman–Crippen LogP) is 1.42. The number of rotatable bonds is 1. The van der Waals surface area contributed by atoms with Gasteiger partial charge in [-0.25, -0.2) is 0 Å². The Bertz CT molecular complexity index is 253. The molecule has 1 aliphatic carbocycles. The maximum Gasteiger partial charge on any atom is 0.311 e. The van der Waals surface area contributed by atoms with Gasteiger partial charge in [-0.1, -0.05) is 25.5 Å². The number of hydrogen-bond donors (Lipinski definition) is 2. The van der Waals surface area contributed by atoms with Crippen molar-refractivity contribution in [2.75, 3.05) is 0 Å². The number of carboxylic acid groups (broad SMARTS) is 1. The highest BCUT2D eigenvalue weighted by molar-refractivity contribution is 5.74. The maximum atomic E-state index is 11.0. The smallest absolute Gasteiger partial charge is 0.311 e. The summed E-state index contributed by atoms with van der Waals surface area (Å²) < 4.78 is 0. The Labute approximate surface area is 78.1 Å². The molecule has 2 N–H and O–H groups in total. The average molecular weight is 184 g/mol. The van der Waals surface area contributed by atoms with E-state index in [2.05, 4.69) is 0 Å². The van der Waals surface area contributed by atoms with E-state index in [0.29, 0.717) is 6.42 Å². The van der Waals surface area contributed by atoms with Crippen LogP contribution in [0, 0.1) is 11.3 Å². The fourth-order valence-corrected chi connectivity index (χ4v) is 2.26. The van der Waals surface area contributed by atoms with Crippen LogP contribution in [0.4, 0.5) is 0 Å². The van der Waals surface area contributed by atoms with Gasteiger partial charge >= 0.3 is 5.97 Å². The summed E-state index contributed by atoms with van der Waals surface area (Å²) in [5.74, 6) is -1.26. The fourth-order valence-electron chi connectivity index (χ4n) is 2.26. The second-order valence-electron chi connectivity index (χ2n) is 4.44. The van der Waals surface area contributed by atoms with Gasteiger partial charge in [0.25, 0.3) is 0 Å². The number of hydrogen-bond acceptors (Lipinski definition) is 2.